The van der Waals surface area contributed by atoms with Crippen LogP contribution in [0.4, 0.5) is 0 Å². The van der Waals surface area contributed by atoms with Gasteiger partial charge in [0.1, 0.15) is 5.82 Å². The SMILES string of the molecule is CC(C)(C)[C@H](c1nc(-c2ccccc2)cn1Cc1ccccc1)N1C[C@@H](CO[Si](C)(C)C(C)(C)C)NCCC1=O. The Labute approximate surface area is 242 Å². The van der Waals surface area contributed by atoms with Gasteiger partial charge in [0, 0.05) is 43.9 Å². The molecule has 2 aromatic carbocycles. The zero-order valence-electron chi connectivity index (χ0n) is 25.7. The van der Waals surface area contributed by atoms with E-state index in [1.807, 2.05) is 24.3 Å². The number of benzene rings is 2. The largest absolute Gasteiger partial charge is 0.415 e. The Bertz CT molecular complexity index is 1260. The van der Waals surface area contributed by atoms with E-state index in [1.165, 1.54) is 5.56 Å². The Morgan fingerprint density at radius 3 is 2.23 bits per heavy atom. The maximum atomic E-state index is 13.7. The fourth-order valence-corrected chi connectivity index (χ4v) is 6.17. The average molecular weight is 561 g/mol. The first kappa shape index (κ1) is 30.2. The number of rotatable bonds is 8. The lowest BCUT2D eigenvalue weighted by atomic mass is 9.84. The second-order valence-corrected chi connectivity index (χ2v) is 18.6. The molecule has 1 aliphatic rings. The van der Waals surface area contributed by atoms with Gasteiger partial charge in [-0.15, -0.1) is 0 Å². The smallest absolute Gasteiger partial charge is 0.224 e. The van der Waals surface area contributed by atoms with E-state index >= 15 is 0 Å². The van der Waals surface area contributed by atoms with Crippen LogP contribution in [0.3, 0.4) is 0 Å². The Morgan fingerprint density at radius 2 is 1.62 bits per heavy atom. The lowest BCUT2D eigenvalue weighted by Gasteiger charge is -2.41. The first-order valence-electron chi connectivity index (χ1n) is 14.6. The second kappa shape index (κ2) is 12.0. The van der Waals surface area contributed by atoms with Crippen molar-refractivity contribution in [1.82, 2.24) is 19.8 Å². The monoisotopic (exact) mass is 560 g/mol. The highest BCUT2D eigenvalue weighted by molar-refractivity contribution is 6.74. The molecule has 1 aromatic heterocycles. The maximum Gasteiger partial charge on any atom is 0.224 e. The Balaban J connectivity index is 1.72. The fourth-order valence-electron chi connectivity index (χ4n) is 5.11. The Morgan fingerprint density at radius 1 is 1.00 bits per heavy atom. The summed E-state index contributed by atoms with van der Waals surface area (Å²) < 4.78 is 8.88. The first-order valence-corrected chi connectivity index (χ1v) is 17.5. The molecule has 1 amide bonds. The third-order valence-electron chi connectivity index (χ3n) is 8.41. The molecule has 1 aliphatic heterocycles. The van der Waals surface area contributed by atoms with Gasteiger partial charge >= 0.3 is 0 Å². The van der Waals surface area contributed by atoms with Crippen LogP contribution in [-0.4, -0.2) is 54.4 Å². The summed E-state index contributed by atoms with van der Waals surface area (Å²) in [7, 11) is -1.92. The number of aromatic nitrogens is 2. The molecule has 216 valence electrons. The summed E-state index contributed by atoms with van der Waals surface area (Å²) in [5.41, 5.74) is 2.98. The fraction of sp³-hybridized carbons (Fsp3) is 0.515. The number of hydrogen-bond donors (Lipinski definition) is 1. The molecule has 0 bridgehead atoms. The van der Waals surface area contributed by atoms with Gasteiger partial charge in [-0.25, -0.2) is 4.98 Å². The van der Waals surface area contributed by atoms with E-state index < -0.39 is 8.32 Å². The molecule has 0 unspecified atom stereocenters. The second-order valence-electron chi connectivity index (χ2n) is 13.8. The molecular weight excluding hydrogens is 512 g/mol. The van der Waals surface area contributed by atoms with Crippen LogP contribution in [0.25, 0.3) is 11.3 Å². The zero-order chi connectivity index (χ0) is 29.1. The predicted molar refractivity (Wildman–Crippen MR) is 167 cm³/mol. The molecule has 6 nitrogen and oxygen atoms in total. The van der Waals surface area contributed by atoms with Gasteiger partial charge in [0.05, 0.1) is 18.3 Å². The molecule has 1 N–H and O–H groups in total. The predicted octanol–water partition coefficient (Wildman–Crippen LogP) is 6.90. The summed E-state index contributed by atoms with van der Waals surface area (Å²) in [5.74, 6) is 1.09. The molecule has 7 heteroatoms. The number of nitrogens with zero attached hydrogens (tertiary/aromatic N) is 3. The van der Waals surface area contributed by atoms with Crippen molar-refractivity contribution in [3.63, 3.8) is 0 Å². The van der Waals surface area contributed by atoms with Gasteiger partial charge in [-0.1, -0.05) is 102 Å². The van der Waals surface area contributed by atoms with Crippen LogP contribution in [0.15, 0.2) is 66.9 Å². The normalized spacial score (nSPS) is 18.1. The first-order chi connectivity index (χ1) is 18.8. The van der Waals surface area contributed by atoms with Gasteiger partial charge in [0.15, 0.2) is 8.32 Å². The van der Waals surface area contributed by atoms with Crippen molar-refractivity contribution in [2.75, 3.05) is 19.7 Å². The molecule has 40 heavy (non-hydrogen) atoms. The van der Waals surface area contributed by atoms with Crippen LogP contribution in [0, 0.1) is 5.41 Å². The van der Waals surface area contributed by atoms with Crippen LogP contribution < -0.4 is 5.32 Å². The highest BCUT2D eigenvalue weighted by Gasteiger charge is 2.41. The Hall–Kier alpha value is -2.74. The quantitative estimate of drug-likeness (QED) is 0.305. The van der Waals surface area contributed by atoms with Crippen LogP contribution in [0.1, 0.15) is 65.4 Å². The lowest BCUT2D eigenvalue weighted by Crippen LogP contribution is -2.50. The van der Waals surface area contributed by atoms with Crippen LogP contribution in [0.2, 0.25) is 18.1 Å². The highest BCUT2D eigenvalue weighted by atomic mass is 28.4. The topological polar surface area (TPSA) is 59.4 Å². The summed E-state index contributed by atoms with van der Waals surface area (Å²) >= 11 is 0. The van der Waals surface area contributed by atoms with E-state index in [4.69, 9.17) is 9.41 Å². The summed E-state index contributed by atoms with van der Waals surface area (Å²) in [6.07, 6.45) is 2.61. The minimum absolute atomic E-state index is 0.0663. The lowest BCUT2D eigenvalue weighted by molar-refractivity contribution is -0.136. The highest BCUT2D eigenvalue weighted by Crippen LogP contribution is 2.40. The molecular formula is C33H48N4O2Si. The van der Waals surface area contributed by atoms with Crippen LogP contribution in [0.5, 0.6) is 0 Å². The number of carbonyl (C=O) groups is 1. The van der Waals surface area contributed by atoms with Crippen molar-refractivity contribution in [1.29, 1.82) is 0 Å². The molecule has 2 atom stereocenters. The van der Waals surface area contributed by atoms with Gasteiger partial charge in [-0.3, -0.25) is 4.79 Å². The number of hydrogen-bond acceptors (Lipinski definition) is 4. The molecule has 0 spiro atoms. The number of amides is 1. The molecule has 1 saturated heterocycles. The third kappa shape index (κ3) is 7.12. The van der Waals surface area contributed by atoms with Gasteiger partial charge in [-0.2, -0.15) is 0 Å². The molecule has 2 heterocycles. The van der Waals surface area contributed by atoms with Gasteiger partial charge in [0.25, 0.3) is 0 Å². The van der Waals surface area contributed by atoms with Gasteiger partial charge in [-0.05, 0) is 29.1 Å². The van der Waals surface area contributed by atoms with Crippen LogP contribution in [-0.2, 0) is 15.8 Å². The molecule has 0 radical (unpaired) electrons. The summed E-state index contributed by atoms with van der Waals surface area (Å²) in [6.45, 7) is 20.6. The summed E-state index contributed by atoms with van der Waals surface area (Å²) in [5, 5.41) is 3.75. The standard InChI is InChI=1S/C33H48N4O2Si/c1-32(2,3)30(37-22-27(34-20-19-29(37)38)24-39-40(7,8)33(4,5)6)31-35-28(26-17-13-10-14-18-26)23-36(31)21-25-15-11-9-12-16-25/h9-18,23,27,30,34H,19-22,24H2,1-8H3/t27-,30-/m0/s1. The number of carbonyl (C=O) groups excluding carboxylic acids is 1. The van der Waals surface area contributed by atoms with E-state index in [0.717, 1.165) is 17.1 Å². The Kier molecular flexibility index (Phi) is 9.07. The summed E-state index contributed by atoms with van der Waals surface area (Å²) in [4.78, 5) is 21.1. The van der Waals surface area contributed by atoms with Crippen molar-refractivity contribution < 1.29 is 9.22 Å². The number of imidazole rings is 1. The van der Waals surface area contributed by atoms with Gasteiger partial charge < -0.3 is 19.2 Å². The molecule has 0 saturated carbocycles. The van der Waals surface area contributed by atoms with Gasteiger partial charge in [0.2, 0.25) is 5.91 Å². The van der Waals surface area contributed by atoms with E-state index in [-0.39, 0.29) is 28.4 Å². The maximum absolute atomic E-state index is 13.7. The molecule has 1 fully saturated rings. The van der Waals surface area contributed by atoms with Crippen molar-refractivity contribution in [3.05, 3.63) is 78.2 Å². The van der Waals surface area contributed by atoms with Crippen LogP contribution >= 0.6 is 0 Å². The molecule has 3 aromatic rings. The minimum Gasteiger partial charge on any atom is -0.415 e. The average Bonchev–Trinajstić information content (AvgIpc) is 3.19. The molecule has 0 aliphatic carbocycles. The van der Waals surface area contributed by atoms with Crippen molar-refractivity contribution in [2.24, 2.45) is 5.41 Å². The summed E-state index contributed by atoms with van der Waals surface area (Å²) in [6, 6.07) is 20.7. The van der Waals surface area contributed by atoms with E-state index in [2.05, 4.69) is 112 Å². The van der Waals surface area contributed by atoms with E-state index in [9.17, 15) is 4.79 Å². The van der Waals surface area contributed by atoms with Crippen molar-refractivity contribution in [2.45, 2.75) is 84.7 Å². The zero-order valence-corrected chi connectivity index (χ0v) is 26.7. The van der Waals surface area contributed by atoms with Crippen molar-refractivity contribution >= 4 is 14.2 Å². The minimum atomic E-state index is -1.92. The number of nitrogens with one attached hydrogen (secondary N) is 1. The third-order valence-corrected chi connectivity index (χ3v) is 12.9. The van der Waals surface area contributed by atoms with Crippen molar-refractivity contribution in [3.8, 4) is 11.3 Å². The molecule has 4 rings (SSSR count). The van der Waals surface area contributed by atoms with E-state index in [1.54, 1.807) is 0 Å². The van der Waals surface area contributed by atoms with E-state index in [0.29, 0.717) is 32.7 Å².